The quantitative estimate of drug-likeness (QED) is 0.157. The number of halogens is 3. The Morgan fingerprint density at radius 3 is 1.24 bits per heavy atom. The van der Waals surface area contributed by atoms with E-state index in [9.17, 15) is 0 Å². The molecule has 9 heteroatoms. The Bertz CT molecular complexity index is 3070. The van der Waals surface area contributed by atoms with E-state index in [1.54, 1.807) is 24.3 Å². The van der Waals surface area contributed by atoms with Gasteiger partial charge in [-0.2, -0.15) is 13.2 Å². The zero-order valence-corrected chi connectivity index (χ0v) is 30.6. The molecule has 3 heterocycles. The van der Waals surface area contributed by atoms with Gasteiger partial charge in [-0.3, -0.25) is 0 Å². The Hall–Kier alpha value is -7.65. The molecule has 0 unspecified atom stereocenters. The zero-order chi connectivity index (χ0) is 39.2. The molecule has 7 aromatic carbocycles. The molecule has 0 atom stereocenters. The highest BCUT2D eigenvalue weighted by atomic mass is 19.4. The maximum absolute atomic E-state index is 15.5. The number of alkyl halides is 3. The Morgan fingerprint density at radius 2 is 0.724 bits per heavy atom. The summed E-state index contributed by atoms with van der Waals surface area (Å²) in [7, 11) is 0. The maximum atomic E-state index is 15.5. The Labute approximate surface area is 330 Å². The number of rotatable bonds is 6. The molecule has 0 saturated carbocycles. The van der Waals surface area contributed by atoms with Crippen molar-refractivity contribution in [1.82, 2.24) is 29.9 Å². The van der Waals surface area contributed by atoms with Crippen molar-refractivity contribution in [2.45, 2.75) is 6.18 Å². The molecule has 6 nitrogen and oxygen atoms in total. The molecule has 0 aliphatic heterocycles. The van der Waals surface area contributed by atoms with E-state index < -0.39 is 11.7 Å². The minimum absolute atomic E-state index is 0.0508. The molecule has 0 saturated heterocycles. The van der Waals surface area contributed by atoms with Gasteiger partial charge in [0.15, 0.2) is 17.5 Å². The van der Waals surface area contributed by atoms with Crippen molar-refractivity contribution in [2.24, 2.45) is 0 Å². The number of nitrogens with zero attached hydrogens (tertiary/aromatic N) is 6. The van der Waals surface area contributed by atoms with E-state index >= 15 is 13.2 Å². The lowest BCUT2D eigenvalue weighted by atomic mass is 9.93. The van der Waals surface area contributed by atoms with Crippen LogP contribution >= 0.6 is 0 Å². The van der Waals surface area contributed by atoms with Gasteiger partial charge in [0.2, 0.25) is 0 Å². The summed E-state index contributed by atoms with van der Waals surface area (Å²) in [6.07, 6.45) is -4.75. The van der Waals surface area contributed by atoms with E-state index in [0.717, 1.165) is 28.3 Å². The molecule has 0 spiro atoms. The highest BCUT2D eigenvalue weighted by Crippen LogP contribution is 2.45. The third-order valence-corrected chi connectivity index (χ3v) is 10.1. The lowest BCUT2D eigenvalue weighted by Gasteiger charge is -2.19. The van der Waals surface area contributed by atoms with E-state index in [0.29, 0.717) is 61.8 Å². The van der Waals surface area contributed by atoms with Crippen LogP contribution in [0.3, 0.4) is 0 Å². The molecule has 3 aromatic heterocycles. The van der Waals surface area contributed by atoms with E-state index in [4.69, 9.17) is 29.9 Å². The summed E-state index contributed by atoms with van der Waals surface area (Å²) in [6, 6.07) is 53.8. The van der Waals surface area contributed by atoms with Gasteiger partial charge in [-0.05, 0) is 12.1 Å². The largest absolute Gasteiger partial charge is 0.417 e. The molecule has 10 rings (SSSR count). The van der Waals surface area contributed by atoms with Crippen molar-refractivity contribution in [3.05, 3.63) is 181 Å². The first kappa shape index (κ1) is 34.8. The van der Waals surface area contributed by atoms with Crippen LogP contribution in [0.1, 0.15) is 5.56 Å². The van der Waals surface area contributed by atoms with Crippen molar-refractivity contribution in [1.29, 1.82) is 0 Å². The minimum atomic E-state index is -4.75. The van der Waals surface area contributed by atoms with Crippen LogP contribution in [-0.2, 0) is 6.18 Å². The second kappa shape index (κ2) is 14.1. The highest BCUT2D eigenvalue weighted by Gasteiger charge is 2.36. The standard InChI is InChI=1S/C49H29F3N6/c50-49(51,52)37-29-39-45(55-44(31-17-7-2-8-18-31)43(54-39)30-15-5-1-6-16-30)40-36-23-13-14-24-38(36)53-42(41(37)40)32-25-27-35(28-26-32)48-57-46(33-19-9-3-10-20-33)56-47(58-48)34-21-11-4-12-22-34/h1-29H. The fourth-order valence-electron chi connectivity index (χ4n) is 7.40. The van der Waals surface area contributed by atoms with Gasteiger partial charge < -0.3 is 0 Å². The normalized spacial score (nSPS) is 11.7. The van der Waals surface area contributed by atoms with Gasteiger partial charge in [-0.1, -0.05) is 164 Å². The Morgan fingerprint density at radius 1 is 0.328 bits per heavy atom. The van der Waals surface area contributed by atoms with E-state index in [2.05, 4.69) is 0 Å². The number of pyridine rings is 1. The van der Waals surface area contributed by atoms with Crippen LogP contribution in [0.5, 0.6) is 0 Å². The van der Waals surface area contributed by atoms with Crippen LogP contribution < -0.4 is 0 Å². The van der Waals surface area contributed by atoms with Gasteiger partial charge in [0, 0.05) is 49.5 Å². The van der Waals surface area contributed by atoms with Crippen molar-refractivity contribution in [3.8, 4) is 67.9 Å². The van der Waals surface area contributed by atoms with Crippen LogP contribution in [0.4, 0.5) is 13.2 Å². The molecule has 0 aliphatic rings. The zero-order valence-electron chi connectivity index (χ0n) is 30.6. The van der Waals surface area contributed by atoms with Crippen LogP contribution in [0.2, 0.25) is 0 Å². The molecule has 58 heavy (non-hydrogen) atoms. The first-order valence-corrected chi connectivity index (χ1v) is 18.6. The van der Waals surface area contributed by atoms with Crippen molar-refractivity contribution in [2.75, 3.05) is 0 Å². The monoisotopic (exact) mass is 758 g/mol. The molecule has 0 N–H and O–H groups in total. The summed E-state index contributed by atoms with van der Waals surface area (Å²) in [5.41, 5.74) is 5.75. The van der Waals surface area contributed by atoms with Gasteiger partial charge in [0.05, 0.1) is 39.2 Å². The lowest BCUT2D eigenvalue weighted by molar-refractivity contribution is -0.136. The Balaban J connectivity index is 1.21. The molecule has 0 bridgehead atoms. The van der Waals surface area contributed by atoms with Gasteiger partial charge in [0.1, 0.15) is 0 Å². The third kappa shape index (κ3) is 6.28. The van der Waals surface area contributed by atoms with Gasteiger partial charge in [0.25, 0.3) is 0 Å². The van der Waals surface area contributed by atoms with E-state index in [1.165, 1.54) is 0 Å². The van der Waals surface area contributed by atoms with Crippen LogP contribution in [0.25, 0.3) is 101 Å². The number of benzene rings is 7. The molecule has 10 aromatic rings. The SMILES string of the molecule is FC(F)(F)c1cc2nc(-c3ccccc3)c(-c3ccccc3)nc2c2c1c(-c1ccc(-c3nc(-c4ccccc4)nc(-c4ccccc4)n3)cc1)nc1ccccc12. The topological polar surface area (TPSA) is 77.3 Å². The van der Waals surface area contributed by atoms with Crippen LogP contribution in [-0.4, -0.2) is 29.9 Å². The van der Waals surface area contributed by atoms with Gasteiger partial charge >= 0.3 is 6.18 Å². The highest BCUT2D eigenvalue weighted by molar-refractivity contribution is 6.22. The van der Waals surface area contributed by atoms with Gasteiger partial charge in [-0.15, -0.1) is 0 Å². The predicted molar refractivity (Wildman–Crippen MR) is 223 cm³/mol. The summed E-state index contributed by atoms with van der Waals surface area (Å²) < 4.78 is 46.4. The van der Waals surface area contributed by atoms with Crippen molar-refractivity contribution >= 4 is 32.7 Å². The lowest BCUT2D eigenvalue weighted by Crippen LogP contribution is -2.09. The fraction of sp³-hybridized carbons (Fsp3) is 0.0204. The number of fused-ring (bicyclic) bond motifs is 5. The summed E-state index contributed by atoms with van der Waals surface area (Å²) >= 11 is 0. The summed E-state index contributed by atoms with van der Waals surface area (Å²) in [5.74, 6) is 1.43. The fourth-order valence-corrected chi connectivity index (χ4v) is 7.40. The molecular formula is C49H29F3N6. The molecule has 0 radical (unpaired) electrons. The number of hydrogen-bond donors (Lipinski definition) is 0. The van der Waals surface area contributed by atoms with Crippen molar-refractivity contribution < 1.29 is 13.2 Å². The molecule has 0 amide bonds. The first-order chi connectivity index (χ1) is 28.4. The summed E-state index contributed by atoms with van der Waals surface area (Å²) in [5, 5.41) is 0.822. The van der Waals surface area contributed by atoms with Crippen molar-refractivity contribution in [3.63, 3.8) is 0 Å². The number of aromatic nitrogens is 6. The first-order valence-electron chi connectivity index (χ1n) is 18.6. The van der Waals surface area contributed by atoms with E-state index in [-0.39, 0.29) is 16.6 Å². The third-order valence-electron chi connectivity index (χ3n) is 10.1. The summed E-state index contributed by atoms with van der Waals surface area (Å²) in [6.45, 7) is 0. The molecular weight excluding hydrogens is 730 g/mol. The van der Waals surface area contributed by atoms with Gasteiger partial charge in [-0.25, -0.2) is 29.9 Å². The predicted octanol–water partition coefficient (Wildman–Crippen LogP) is 12.5. The second-order valence-electron chi connectivity index (χ2n) is 13.8. The maximum Gasteiger partial charge on any atom is 0.417 e. The summed E-state index contributed by atoms with van der Waals surface area (Å²) in [4.78, 5) is 29.5. The smallest absolute Gasteiger partial charge is 0.247 e. The average molecular weight is 759 g/mol. The molecule has 0 fully saturated rings. The van der Waals surface area contributed by atoms with Crippen LogP contribution in [0.15, 0.2) is 176 Å². The Kier molecular flexibility index (Phi) is 8.48. The molecule has 0 aliphatic carbocycles. The molecule has 276 valence electrons. The van der Waals surface area contributed by atoms with Crippen LogP contribution in [0, 0.1) is 0 Å². The number of hydrogen-bond acceptors (Lipinski definition) is 6. The second-order valence-corrected chi connectivity index (χ2v) is 13.8. The average Bonchev–Trinajstić information content (AvgIpc) is 3.28. The number of para-hydroxylation sites is 1. The van der Waals surface area contributed by atoms with E-state index in [1.807, 2.05) is 146 Å². The minimum Gasteiger partial charge on any atom is -0.247 e.